The van der Waals surface area contributed by atoms with Crippen molar-refractivity contribution in [2.45, 2.75) is 39.7 Å². The molecule has 180 valence electrons. The van der Waals surface area contributed by atoms with Gasteiger partial charge in [-0.05, 0) is 46.2 Å². The molecular formula is C20H31NO9P2. The number of benzene rings is 1. The topological polar surface area (TPSA) is 118 Å². The van der Waals surface area contributed by atoms with Crippen molar-refractivity contribution in [3.63, 3.8) is 0 Å². The molecule has 2 rings (SSSR count). The molecule has 0 saturated carbocycles. The molecule has 1 aliphatic rings. The zero-order valence-corrected chi connectivity index (χ0v) is 20.6. The van der Waals surface area contributed by atoms with Crippen LogP contribution in [-0.4, -0.2) is 61.9 Å². The van der Waals surface area contributed by atoms with Crippen molar-refractivity contribution in [3.8, 4) is 0 Å². The van der Waals surface area contributed by atoms with Crippen LogP contribution in [0.2, 0.25) is 0 Å². The summed E-state index contributed by atoms with van der Waals surface area (Å²) in [6, 6.07) is 6.59. The van der Waals surface area contributed by atoms with Crippen molar-refractivity contribution in [2.24, 2.45) is 0 Å². The van der Waals surface area contributed by atoms with Crippen LogP contribution in [-0.2, 0) is 32.0 Å². The minimum atomic E-state index is -4.03. The molecule has 0 fully saturated rings. The van der Waals surface area contributed by atoms with Crippen molar-refractivity contribution < 1.29 is 41.6 Å². The van der Waals surface area contributed by atoms with E-state index < -0.39 is 20.8 Å². The van der Waals surface area contributed by atoms with Crippen molar-refractivity contribution >= 4 is 27.0 Å². The third-order valence-electron chi connectivity index (χ3n) is 4.45. The van der Waals surface area contributed by atoms with Gasteiger partial charge in [0.1, 0.15) is 0 Å². The van der Waals surface area contributed by atoms with Crippen LogP contribution in [0.15, 0.2) is 24.3 Å². The molecule has 0 aliphatic carbocycles. The highest BCUT2D eigenvalue weighted by Gasteiger charge is 2.52. The SMILES string of the molecule is CCOP(=O)(OCC)C(OCCCN1C(=O)c2ccccc2C1=O)P(=O)(OCC)OCC. The van der Waals surface area contributed by atoms with Gasteiger partial charge in [0.05, 0.1) is 44.2 Å². The number of rotatable bonds is 15. The van der Waals surface area contributed by atoms with E-state index in [2.05, 4.69) is 0 Å². The normalized spacial score (nSPS) is 14.5. The number of ether oxygens (including phenoxy) is 1. The highest BCUT2D eigenvalue weighted by Crippen LogP contribution is 2.70. The number of nitrogens with zero attached hydrogens (tertiary/aromatic N) is 1. The van der Waals surface area contributed by atoms with Gasteiger partial charge >= 0.3 is 15.2 Å². The number of hydrogen-bond donors (Lipinski definition) is 0. The minimum Gasteiger partial charge on any atom is -0.355 e. The largest absolute Gasteiger partial charge is 0.371 e. The second kappa shape index (κ2) is 12.2. The predicted octanol–water partition coefficient (Wildman–Crippen LogP) is 4.51. The Hall–Kier alpha value is -1.38. The molecule has 0 atom stereocenters. The Kier molecular flexibility index (Phi) is 10.2. The van der Waals surface area contributed by atoms with Gasteiger partial charge in [-0.1, -0.05) is 12.1 Å². The summed E-state index contributed by atoms with van der Waals surface area (Å²) >= 11 is 0. The van der Waals surface area contributed by atoms with Gasteiger partial charge in [0.2, 0.25) is 0 Å². The maximum absolute atomic E-state index is 13.4. The molecule has 1 aromatic carbocycles. The molecule has 0 saturated heterocycles. The Morgan fingerprint density at radius 2 is 1.19 bits per heavy atom. The standard InChI is InChI=1S/C20H31NO9P2/c1-5-27-31(24,28-6-2)20(32(25,29-7-3)30-8-4)26-15-11-14-21-18(22)16-12-9-10-13-17(16)19(21)23/h9-10,12-13,20H,5-8,11,14-15H2,1-4H3. The number of hydrogen-bond acceptors (Lipinski definition) is 9. The number of fused-ring (bicyclic) bond motifs is 1. The lowest BCUT2D eigenvalue weighted by Gasteiger charge is -2.31. The van der Waals surface area contributed by atoms with E-state index in [-0.39, 0.29) is 57.8 Å². The second-order valence-corrected chi connectivity index (χ2v) is 11.1. The summed E-state index contributed by atoms with van der Waals surface area (Å²) in [5.74, 6) is -0.767. The lowest BCUT2D eigenvalue weighted by atomic mass is 10.1. The van der Waals surface area contributed by atoms with Crippen LogP contribution in [0.4, 0.5) is 0 Å². The van der Waals surface area contributed by atoms with Gasteiger partial charge < -0.3 is 22.8 Å². The average Bonchev–Trinajstić information content (AvgIpc) is 2.99. The number of carbonyl (C=O) groups is 2. The maximum atomic E-state index is 13.4. The van der Waals surface area contributed by atoms with Gasteiger partial charge in [0.25, 0.3) is 17.4 Å². The van der Waals surface area contributed by atoms with E-state index in [0.29, 0.717) is 11.1 Å². The quantitative estimate of drug-likeness (QED) is 0.198. The fourth-order valence-corrected chi connectivity index (χ4v) is 8.12. The van der Waals surface area contributed by atoms with Crippen molar-refractivity contribution in [1.29, 1.82) is 0 Å². The first-order valence-corrected chi connectivity index (χ1v) is 13.8. The van der Waals surface area contributed by atoms with Gasteiger partial charge in [0, 0.05) is 6.54 Å². The first kappa shape index (κ1) is 26.9. The van der Waals surface area contributed by atoms with Gasteiger partial charge in [0.15, 0.2) is 0 Å². The highest BCUT2D eigenvalue weighted by atomic mass is 31.2. The summed E-state index contributed by atoms with van der Waals surface area (Å²) in [6.07, 6.45) is 0.207. The third-order valence-corrected chi connectivity index (χ3v) is 10.00. The highest BCUT2D eigenvalue weighted by molar-refractivity contribution is 7.72. The van der Waals surface area contributed by atoms with Crippen LogP contribution in [0.5, 0.6) is 0 Å². The van der Waals surface area contributed by atoms with Crippen LogP contribution in [0.3, 0.4) is 0 Å². The minimum absolute atomic E-state index is 0.0322. The number of amides is 2. The Labute approximate surface area is 188 Å². The lowest BCUT2D eigenvalue weighted by molar-refractivity contribution is 0.0583. The first-order valence-electron chi connectivity index (χ1n) is 10.6. The van der Waals surface area contributed by atoms with E-state index in [1.165, 1.54) is 0 Å². The first-order chi connectivity index (χ1) is 15.3. The van der Waals surface area contributed by atoms with Crippen LogP contribution in [0.25, 0.3) is 0 Å². The summed E-state index contributed by atoms with van der Waals surface area (Å²) in [5, 5.41) is 0. The van der Waals surface area contributed by atoms with Crippen molar-refractivity contribution in [2.75, 3.05) is 39.6 Å². The van der Waals surface area contributed by atoms with Gasteiger partial charge in [-0.25, -0.2) is 0 Å². The van der Waals surface area contributed by atoms with Gasteiger partial charge in [-0.15, -0.1) is 0 Å². The zero-order valence-electron chi connectivity index (χ0n) is 18.9. The maximum Gasteiger partial charge on any atom is 0.371 e. The molecule has 12 heteroatoms. The molecule has 0 aromatic heterocycles. The smallest absolute Gasteiger partial charge is 0.355 e. The Morgan fingerprint density at radius 3 is 1.56 bits per heavy atom. The summed E-state index contributed by atoms with van der Waals surface area (Å²) in [5.41, 5.74) is -0.895. The summed E-state index contributed by atoms with van der Waals surface area (Å²) < 4.78 is 53.8. The Balaban J connectivity index is 2.13. The zero-order chi connectivity index (χ0) is 23.8. The van der Waals surface area contributed by atoms with E-state index in [1.54, 1.807) is 52.0 Å². The van der Waals surface area contributed by atoms with E-state index in [9.17, 15) is 18.7 Å². The van der Waals surface area contributed by atoms with Crippen LogP contribution in [0.1, 0.15) is 54.8 Å². The summed E-state index contributed by atoms with van der Waals surface area (Å²) in [7, 11) is -8.06. The molecule has 0 unspecified atom stereocenters. The van der Waals surface area contributed by atoms with E-state index in [1.807, 2.05) is 0 Å². The molecule has 1 aliphatic heterocycles. The number of carbonyl (C=O) groups excluding carboxylic acids is 2. The van der Waals surface area contributed by atoms with Crippen LogP contribution >= 0.6 is 15.2 Å². The molecule has 2 amide bonds. The Bertz CT molecular complexity index is 807. The van der Waals surface area contributed by atoms with Gasteiger partial charge in [-0.3, -0.25) is 23.6 Å². The second-order valence-electron chi connectivity index (χ2n) is 6.61. The molecule has 0 bridgehead atoms. The molecule has 32 heavy (non-hydrogen) atoms. The van der Waals surface area contributed by atoms with E-state index in [0.717, 1.165) is 4.90 Å². The molecular weight excluding hydrogens is 460 g/mol. The summed E-state index contributed by atoms with van der Waals surface area (Å²) in [4.78, 5) is 26.1. The summed E-state index contributed by atoms with van der Waals surface area (Å²) in [6.45, 7) is 6.60. The predicted molar refractivity (Wildman–Crippen MR) is 118 cm³/mol. The third kappa shape index (κ3) is 5.94. The molecule has 1 aromatic rings. The van der Waals surface area contributed by atoms with Crippen molar-refractivity contribution in [3.05, 3.63) is 35.4 Å². The molecule has 0 N–H and O–H groups in total. The molecule has 1 heterocycles. The lowest BCUT2D eigenvalue weighted by Crippen LogP contribution is -2.31. The number of imide groups is 1. The monoisotopic (exact) mass is 491 g/mol. The fourth-order valence-electron chi connectivity index (χ4n) is 3.26. The molecule has 0 spiro atoms. The Morgan fingerprint density at radius 1 is 0.781 bits per heavy atom. The fraction of sp³-hybridized carbons (Fsp3) is 0.600. The molecule has 10 nitrogen and oxygen atoms in total. The van der Waals surface area contributed by atoms with Crippen LogP contribution < -0.4 is 0 Å². The average molecular weight is 491 g/mol. The van der Waals surface area contributed by atoms with E-state index >= 15 is 0 Å². The van der Waals surface area contributed by atoms with Crippen molar-refractivity contribution in [1.82, 2.24) is 4.90 Å². The van der Waals surface area contributed by atoms with Crippen LogP contribution in [0, 0.1) is 0 Å². The van der Waals surface area contributed by atoms with Gasteiger partial charge in [-0.2, -0.15) is 0 Å². The van der Waals surface area contributed by atoms with E-state index in [4.69, 9.17) is 22.8 Å². The molecule has 0 radical (unpaired) electrons.